The first-order valence-corrected chi connectivity index (χ1v) is 3.94. The summed E-state index contributed by atoms with van der Waals surface area (Å²) in [5, 5.41) is 3.36. The Balaban J connectivity index is 3.50. The van der Waals surface area contributed by atoms with Crippen LogP contribution in [0.1, 0.15) is 20.8 Å². The molecule has 0 fully saturated rings. The number of rotatable bonds is 5. The van der Waals surface area contributed by atoms with E-state index in [9.17, 15) is 0 Å². The average Bonchev–Trinajstić information content (AvgIpc) is 1.87. The third-order valence-electron chi connectivity index (χ3n) is 1.62. The maximum Gasteiger partial charge on any atom is 0.0618 e. The highest BCUT2D eigenvalue weighted by atomic mass is 16.5. The fraction of sp³-hybridized carbons (Fsp3) is 1.00. The highest BCUT2D eigenvalue weighted by Gasteiger charge is 2.09. The van der Waals surface area contributed by atoms with Gasteiger partial charge in [0.1, 0.15) is 0 Å². The molecule has 0 radical (unpaired) electrons. The summed E-state index contributed by atoms with van der Waals surface area (Å²) in [5.74, 6) is 0.653. The molecule has 0 aliphatic rings. The molecule has 1 atom stereocenters. The van der Waals surface area contributed by atoms with E-state index in [4.69, 9.17) is 4.74 Å². The van der Waals surface area contributed by atoms with Crippen LogP contribution in [-0.2, 0) is 4.74 Å². The first-order valence-electron chi connectivity index (χ1n) is 3.94. The van der Waals surface area contributed by atoms with Crippen molar-refractivity contribution in [3.63, 3.8) is 0 Å². The van der Waals surface area contributed by atoms with Crippen molar-refractivity contribution < 1.29 is 4.74 Å². The van der Waals surface area contributed by atoms with E-state index in [0.29, 0.717) is 12.0 Å². The van der Waals surface area contributed by atoms with Crippen molar-refractivity contribution in [2.75, 3.05) is 20.3 Å². The van der Waals surface area contributed by atoms with Gasteiger partial charge < -0.3 is 10.1 Å². The Labute approximate surface area is 64.0 Å². The number of hydrogen-bond acceptors (Lipinski definition) is 2. The summed E-state index contributed by atoms with van der Waals surface area (Å²) in [7, 11) is 1.74. The summed E-state index contributed by atoms with van der Waals surface area (Å²) in [6.07, 6.45) is 0. The molecule has 1 N–H and O–H groups in total. The normalized spacial score (nSPS) is 14.1. The van der Waals surface area contributed by atoms with Crippen LogP contribution in [0.2, 0.25) is 0 Å². The van der Waals surface area contributed by atoms with Crippen LogP contribution < -0.4 is 5.32 Å². The van der Waals surface area contributed by atoms with Gasteiger partial charge >= 0.3 is 0 Å². The van der Waals surface area contributed by atoms with E-state index in [1.165, 1.54) is 0 Å². The summed E-state index contributed by atoms with van der Waals surface area (Å²) in [4.78, 5) is 0. The molecular weight excluding hydrogens is 126 g/mol. The van der Waals surface area contributed by atoms with E-state index in [1.54, 1.807) is 7.11 Å². The highest BCUT2D eigenvalue weighted by molar-refractivity contribution is 4.68. The molecule has 0 aromatic heterocycles. The maximum absolute atomic E-state index is 5.06. The molecule has 62 valence electrons. The third kappa shape index (κ3) is 3.85. The summed E-state index contributed by atoms with van der Waals surface area (Å²) in [6.45, 7) is 8.35. The minimum absolute atomic E-state index is 0.509. The van der Waals surface area contributed by atoms with E-state index in [0.717, 1.165) is 13.2 Å². The molecule has 0 unspecified atom stereocenters. The third-order valence-corrected chi connectivity index (χ3v) is 1.62. The molecule has 0 spiro atoms. The van der Waals surface area contributed by atoms with Crippen molar-refractivity contribution in [2.45, 2.75) is 26.8 Å². The summed E-state index contributed by atoms with van der Waals surface area (Å²) >= 11 is 0. The highest BCUT2D eigenvalue weighted by Crippen LogP contribution is 2.00. The van der Waals surface area contributed by atoms with Gasteiger partial charge in [0.25, 0.3) is 0 Å². The quantitative estimate of drug-likeness (QED) is 0.629. The number of nitrogens with one attached hydrogen (secondary N) is 1. The Morgan fingerprint density at radius 2 is 2.00 bits per heavy atom. The second-order valence-electron chi connectivity index (χ2n) is 2.86. The fourth-order valence-corrected chi connectivity index (χ4v) is 0.929. The second kappa shape index (κ2) is 5.69. The lowest BCUT2D eigenvalue weighted by atomic mass is 10.1. The summed E-state index contributed by atoms with van der Waals surface area (Å²) in [5.41, 5.74) is 0. The first kappa shape index (κ1) is 9.92. The van der Waals surface area contributed by atoms with Gasteiger partial charge in [-0.3, -0.25) is 0 Å². The molecule has 0 bridgehead atoms. The van der Waals surface area contributed by atoms with E-state index in [2.05, 4.69) is 26.1 Å². The topological polar surface area (TPSA) is 21.3 Å². The molecule has 0 saturated heterocycles. The zero-order valence-corrected chi connectivity index (χ0v) is 7.48. The number of methoxy groups -OCH3 is 1. The van der Waals surface area contributed by atoms with Crippen LogP contribution in [0.5, 0.6) is 0 Å². The van der Waals surface area contributed by atoms with Gasteiger partial charge in [0.15, 0.2) is 0 Å². The summed E-state index contributed by atoms with van der Waals surface area (Å²) < 4.78 is 5.06. The molecule has 0 heterocycles. The fourth-order valence-electron chi connectivity index (χ4n) is 0.929. The van der Waals surface area contributed by atoms with Gasteiger partial charge in [0, 0.05) is 13.2 Å². The number of hydrogen-bond donors (Lipinski definition) is 1. The Morgan fingerprint density at radius 1 is 1.40 bits per heavy atom. The minimum Gasteiger partial charge on any atom is -0.383 e. The summed E-state index contributed by atoms with van der Waals surface area (Å²) in [6, 6.07) is 0.509. The lowest BCUT2D eigenvalue weighted by Gasteiger charge is -2.20. The molecule has 0 aromatic carbocycles. The van der Waals surface area contributed by atoms with Crippen molar-refractivity contribution in [3.8, 4) is 0 Å². The molecule has 0 saturated carbocycles. The number of ether oxygens (including phenoxy) is 1. The molecule has 2 heteroatoms. The zero-order valence-electron chi connectivity index (χ0n) is 7.48. The van der Waals surface area contributed by atoms with Crippen molar-refractivity contribution in [3.05, 3.63) is 0 Å². The Kier molecular flexibility index (Phi) is 5.64. The molecule has 0 amide bonds. The van der Waals surface area contributed by atoms with E-state index >= 15 is 0 Å². The standard InChI is InChI=1S/C8H19NO/c1-5-9-8(6-10-4)7(2)3/h7-9H,5-6H2,1-4H3/t8-/m0/s1. The minimum atomic E-state index is 0.509. The van der Waals surface area contributed by atoms with Crippen molar-refractivity contribution in [1.29, 1.82) is 0 Å². The van der Waals surface area contributed by atoms with Crippen LogP contribution >= 0.6 is 0 Å². The molecular formula is C8H19NO. The lowest BCUT2D eigenvalue weighted by molar-refractivity contribution is 0.148. The monoisotopic (exact) mass is 145 g/mol. The van der Waals surface area contributed by atoms with Crippen LogP contribution in [0.25, 0.3) is 0 Å². The largest absolute Gasteiger partial charge is 0.383 e. The Hall–Kier alpha value is -0.0800. The van der Waals surface area contributed by atoms with Crippen molar-refractivity contribution in [1.82, 2.24) is 5.32 Å². The van der Waals surface area contributed by atoms with Crippen LogP contribution in [0.15, 0.2) is 0 Å². The van der Waals surface area contributed by atoms with Gasteiger partial charge in [-0.1, -0.05) is 20.8 Å². The van der Waals surface area contributed by atoms with Gasteiger partial charge in [0.05, 0.1) is 6.61 Å². The van der Waals surface area contributed by atoms with Crippen molar-refractivity contribution in [2.24, 2.45) is 5.92 Å². The van der Waals surface area contributed by atoms with E-state index < -0.39 is 0 Å². The molecule has 0 aromatic rings. The SMILES string of the molecule is CCN[C@@H](COC)C(C)C. The molecule has 10 heavy (non-hydrogen) atoms. The van der Waals surface area contributed by atoms with E-state index in [1.807, 2.05) is 0 Å². The van der Waals surface area contributed by atoms with Gasteiger partial charge in [-0.15, -0.1) is 0 Å². The lowest BCUT2D eigenvalue weighted by Crippen LogP contribution is -2.37. The van der Waals surface area contributed by atoms with E-state index in [-0.39, 0.29) is 0 Å². The predicted octanol–water partition coefficient (Wildman–Crippen LogP) is 1.27. The first-order chi connectivity index (χ1) is 4.72. The average molecular weight is 145 g/mol. The molecule has 2 nitrogen and oxygen atoms in total. The van der Waals surface area contributed by atoms with Gasteiger partial charge in [-0.05, 0) is 12.5 Å². The molecule has 0 aliphatic heterocycles. The van der Waals surface area contributed by atoms with Crippen LogP contribution in [0.3, 0.4) is 0 Å². The smallest absolute Gasteiger partial charge is 0.0618 e. The van der Waals surface area contributed by atoms with Crippen LogP contribution in [0.4, 0.5) is 0 Å². The second-order valence-corrected chi connectivity index (χ2v) is 2.86. The predicted molar refractivity (Wildman–Crippen MR) is 44.2 cm³/mol. The van der Waals surface area contributed by atoms with Crippen molar-refractivity contribution >= 4 is 0 Å². The van der Waals surface area contributed by atoms with Gasteiger partial charge in [-0.2, -0.15) is 0 Å². The Bertz CT molecular complexity index is 67.7. The molecule has 0 rings (SSSR count). The van der Waals surface area contributed by atoms with Gasteiger partial charge in [-0.25, -0.2) is 0 Å². The van der Waals surface area contributed by atoms with Gasteiger partial charge in [0.2, 0.25) is 0 Å². The van der Waals surface area contributed by atoms with Crippen LogP contribution in [-0.4, -0.2) is 26.3 Å². The van der Waals surface area contributed by atoms with Crippen LogP contribution in [0, 0.1) is 5.92 Å². The maximum atomic E-state index is 5.06. The Morgan fingerprint density at radius 3 is 2.30 bits per heavy atom. The molecule has 0 aliphatic carbocycles. The number of likely N-dealkylation sites (N-methyl/N-ethyl adjacent to an activating group) is 1. The zero-order chi connectivity index (χ0) is 7.98.